The Morgan fingerprint density at radius 3 is 2.43 bits per heavy atom. The molecule has 184 valence electrons. The maximum absolute atomic E-state index is 13.0. The van der Waals surface area contributed by atoms with Gasteiger partial charge < -0.3 is 14.8 Å². The Balaban J connectivity index is 1.39. The van der Waals surface area contributed by atoms with Crippen LogP contribution in [0.4, 0.5) is 11.4 Å². The fourth-order valence-corrected chi connectivity index (χ4v) is 5.02. The van der Waals surface area contributed by atoms with Crippen molar-refractivity contribution >= 4 is 38.8 Å². The SMILES string of the molecule is CC1(C)OCC(NS(=O)(=O)c2ccc(CCC(=O)c3ccc(Cl)cc3Nc3ccccc3)cc2)O1. The highest BCUT2D eigenvalue weighted by Gasteiger charge is 2.35. The standard InChI is InChI=1S/C26H27ClN2O5S/c1-26(2)33-17-25(34-26)29-35(31,32)21-12-8-18(9-13-21)10-15-24(30)22-14-11-19(27)16-23(22)28-20-6-4-3-5-7-20/h3-9,11-14,16,25,28-29H,10,15,17H2,1-2H3. The van der Waals surface area contributed by atoms with Gasteiger partial charge in [-0.15, -0.1) is 0 Å². The molecule has 0 radical (unpaired) electrons. The third-order valence-electron chi connectivity index (χ3n) is 5.50. The highest BCUT2D eigenvalue weighted by atomic mass is 35.5. The van der Waals surface area contributed by atoms with Crippen molar-refractivity contribution in [3.05, 3.63) is 88.9 Å². The Labute approximate surface area is 210 Å². The third-order valence-corrected chi connectivity index (χ3v) is 7.21. The molecule has 2 N–H and O–H groups in total. The zero-order chi connectivity index (χ0) is 25.1. The number of ether oxygens (including phenoxy) is 2. The Hall–Kier alpha value is -2.75. The Bertz CT molecular complexity index is 1300. The van der Waals surface area contributed by atoms with Crippen LogP contribution in [0.25, 0.3) is 0 Å². The largest absolute Gasteiger partial charge is 0.355 e. The van der Waals surface area contributed by atoms with Crippen molar-refractivity contribution in [2.45, 2.75) is 43.6 Å². The number of benzene rings is 3. The molecule has 0 aliphatic carbocycles. The minimum absolute atomic E-state index is 0.0422. The fourth-order valence-electron chi connectivity index (χ4n) is 3.75. The van der Waals surface area contributed by atoms with Crippen LogP contribution in [0.5, 0.6) is 0 Å². The lowest BCUT2D eigenvalue weighted by Crippen LogP contribution is -2.37. The molecular weight excluding hydrogens is 488 g/mol. The van der Waals surface area contributed by atoms with Crippen LogP contribution in [-0.4, -0.2) is 32.8 Å². The number of hydrogen-bond donors (Lipinski definition) is 2. The van der Waals surface area contributed by atoms with Crippen molar-refractivity contribution in [2.24, 2.45) is 0 Å². The maximum Gasteiger partial charge on any atom is 0.242 e. The van der Waals surface area contributed by atoms with E-state index >= 15 is 0 Å². The van der Waals surface area contributed by atoms with Crippen LogP contribution >= 0.6 is 11.6 Å². The molecule has 3 aromatic rings. The predicted octanol–water partition coefficient (Wildman–Crippen LogP) is 5.29. The molecule has 1 atom stereocenters. The average molecular weight is 515 g/mol. The molecular formula is C26H27ClN2O5S. The summed E-state index contributed by atoms with van der Waals surface area (Å²) in [7, 11) is -3.77. The van der Waals surface area contributed by atoms with Gasteiger partial charge in [-0.05, 0) is 68.3 Å². The average Bonchev–Trinajstić information content (AvgIpc) is 3.16. The summed E-state index contributed by atoms with van der Waals surface area (Å²) in [5, 5.41) is 3.78. The van der Waals surface area contributed by atoms with E-state index in [-0.39, 0.29) is 23.7 Å². The van der Waals surface area contributed by atoms with Crippen molar-refractivity contribution in [3.63, 3.8) is 0 Å². The molecule has 1 unspecified atom stereocenters. The van der Waals surface area contributed by atoms with Gasteiger partial charge in [-0.3, -0.25) is 4.79 Å². The highest BCUT2D eigenvalue weighted by molar-refractivity contribution is 7.89. The summed E-state index contributed by atoms with van der Waals surface area (Å²) in [6.07, 6.45) is -0.0173. The molecule has 0 saturated carbocycles. The van der Waals surface area contributed by atoms with E-state index in [0.717, 1.165) is 11.3 Å². The lowest BCUT2D eigenvalue weighted by atomic mass is 10.0. The summed E-state index contributed by atoms with van der Waals surface area (Å²) in [6, 6.07) is 21.2. The summed E-state index contributed by atoms with van der Waals surface area (Å²) in [5.74, 6) is -0.871. The van der Waals surface area contributed by atoms with Gasteiger partial charge in [-0.2, -0.15) is 4.72 Å². The Morgan fingerprint density at radius 2 is 1.77 bits per heavy atom. The molecule has 0 aromatic heterocycles. The van der Waals surface area contributed by atoms with Crippen molar-refractivity contribution < 1.29 is 22.7 Å². The monoisotopic (exact) mass is 514 g/mol. The number of rotatable bonds is 9. The number of aryl methyl sites for hydroxylation is 1. The van der Waals surface area contributed by atoms with E-state index in [0.29, 0.717) is 22.7 Å². The topological polar surface area (TPSA) is 93.7 Å². The van der Waals surface area contributed by atoms with Crippen molar-refractivity contribution in [1.82, 2.24) is 4.72 Å². The number of carbonyl (C=O) groups excluding carboxylic acids is 1. The summed E-state index contributed by atoms with van der Waals surface area (Å²) in [5.41, 5.74) is 2.89. The summed E-state index contributed by atoms with van der Waals surface area (Å²) in [6.45, 7) is 3.59. The molecule has 0 spiro atoms. The van der Waals surface area contributed by atoms with E-state index in [9.17, 15) is 13.2 Å². The first kappa shape index (κ1) is 25.3. The normalized spacial score (nSPS) is 17.3. The molecule has 7 nitrogen and oxygen atoms in total. The first-order valence-electron chi connectivity index (χ1n) is 11.2. The molecule has 9 heteroatoms. The number of halogens is 1. The number of ketones is 1. The summed E-state index contributed by atoms with van der Waals surface area (Å²) >= 11 is 6.16. The molecule has 1 saturated heterocycles. The lowest BCUT2D eigenvalue weighted by Gasteiger charge is -2.17. The first-order chi connectivity index (χ1) is 16.6. The van der Waals surface area contributed by atoms with Crippen molar-refractivity contribution in [3.8, 4) is 0 Å². The molecule has 4 rings (SSSR count). The molecule has 0 bridgehead atoms. The highest BCUT2D eigenvalue weighted by Crippen LogP contribution is 2.27. The van der Waals surface area contributed by atoms with Gasteiger partial charge in [0.15, 0.2) is 11.6 Å². The number of Topliss-reactive ketones (excluding diaryl/α,β-unsaturated/α-hetero) is 1. The van der Waals surface area contributed by atoms with E-state index in [1.165, 1.54) is 12.1 Å². The van der Waals surface area contributed by atoms with Gasteiger partial charge in [0.05, 0.1) is 17.2 Å². The predicted molar refractivity (Wildman–Crippen MR) is 135 cm³/mol. The second kappa shape index (κ2) is 10.5. The molecule has 1 heterocycles. The van der Waals surface area contributed by atoms with Gasteiger partial charge in [-0.1, -0.05) is 41.9 Å². The van der Waals surface area contributed by atoms with Crippen LogP contribution in [-0.2, 0) is 25.9 Å². The smallest absolute Gasteiger partial charge is 0.242 e. The minimum atomic E-state index is -3.77. The number of sulfonamides is 1. The number of anilines is 2. The van der Waals surface area contributed by atoms with Gasteiger partial charge in [0, 0.05) is 22.7 Å². The first-order valence-corrected chi connectivity index (χ1v) is 13.1. The van der Waals surface area contributed by atoms with Crippen LogP contribution in [0.1, 0.15) is 36.2 Å². The molecule has 0 amide bonds. The van der Waals surface area contributed by atoms with Crippen LogP contribution in [0.3, 0.4) is 0 Å². The maximum atomic E-state index is 13.0. The number of carbonyl (C=O) groups is 1. The lowest BCUT2D eigenvalue weighted by molar-refractivity contribution is -0.139. The van der Waals surface area contributed by atoms with Crippen molar-refractivity contribution in [2.75, 3.05) is 11.9 Å². The molecule has 1 aliphatic rings. The second-order valence-electron chi connectivity index (χ2n) is 8.69. The number of hydrogen-bond acceptors (Lipinski definition) is 6. The van der Waals surface area contributed by atoms with E-state index < -0.39 is 22.0 Å². The Kier molecular flexibility index (Phi) is 7.59. The zero-order valence-corrected chi connectivity index (χ0v) is 21.0. The minimum Gasteiger partial charge on any atom is -0.355 e. The molecule has 35 heavy (non-hydrogen) atoms. The van der Waals surface area contributed by atoms with E-state index in [1.807, 2.05) is 30.3 Å². The third kappa shape index (κ3) is 6.68. The van der Waals surface area contributed by atoms with Crippen LogP contribution < -0.4 is 10.0 Å². The van der Waals surface area contributed by atoms with Gasteiger partial charge in [0.2, 0.25) is 10.0 Å². The van der Waals surface area contributed by atoms with Gasteiger partial charge in [-0.25, -0.2) is 8.42 Å². The second-order valence-corrected chi connectivity index (χ2v) is 10.8. The molecule has 3 aromatic carbocycles. The van der Waals surface area contributed by atoms with Gasteiger partial charge >= 0.3 is 0 Å². The summed E-state index contributed by atoms with van der Waals surface area (Å²) in [4.78, 5) is 13.1. The number of nitrogens with one attached hydrogen (secondary N) is 2. The van der Waals surface area contributed by atoms with E-state index in [4.69, 9.17) is 21.1 Å². The zero-order valence-electron chi connectivity index (χ0n) is 19.5. The van der Waals surface area contributed by atoms with Crippen molar-refractivity contribution in [1.29, 1.82) is 0 Å². The van der Waals surface area contributed by atoms with Gasteiger partial charge in [0.25, 0.3) is 0 Å². The fraction of sp³-hybridized carbons (Fsp3) is 0.269. The van der Waals surface area contributed by atoms with Gasteiger partial charge in [0.1, 0.15) is 6.23 Å². The van der Waals surface area contributed by atoms with Crippen LogP contribution in [0.15, 0.2) is 77.7 Å². The Morgan fingerprint density at radius 1 is 1.06 bits per heavy atom. The van der Waals surface area contributed by atoms with E-state index in [2.05, 4.69) is 10.0 Å². The quantitative estimate of drug-likeness (QED) is 0.377. The molecule has 1 aliphatic heterocycles. The van der Waals surface area contributed by atoms with Crippen LogP contribution in [0.2, 0.25) is 5.02 Å². The number of para-hydroxylation sites is 1. The summed E-state index contributed by atoms with van der Waals surface area (Å²) < 4.78 is 38.7. The van der Waals surface area contributed by atoms with Crippen LogP contribution in [0, 0.1) is 0 Å². The molecule has 1 fully saturated rings. The van der Waals surface area contributed by atoms with E-state index in [1.54, 1.807) is 44.2 Å².